The summed E-state index contributed by atoms with van der Waals surface area (Å²) < 4.78 is 24.7. The van der Waals surface area contributed by atoms with Crippen molar-refractivity contribution in [1.29, 1.82) is 0 Å². The molecular formula is C44H73NO10. The van der Waals surface area contributed by atoms with Crippen molar-refractivity contribution in [2.75, 3.05) is 0 Å². The molecule has 4 unspecified atom stereocenters. The fourth-order valence-electron chi connectivity index (χ4n) is 13.8. The van der Waals surface area contributed by atoms with E-state index in [1.54, 1.807) is 55.4 Å². The molecule has 0 bridgehead atoms. The molecule has 0 aromatic rings. The smallest absolute Gasteiger partial charge is 0.408 e. The van der Waals surface area contributed by atoms with Crippen molar-refractivity contribution in [3.8, 4) is 0 Å². The third kappa shape index (κ3) is 7.04. The predicted octanol–water partition coefficient (Wildman–Crippen LogP) is 7.00. The minimum Gasteiger partial charge on any atom is -0.460 e. The first kappa shape index (κ1) is 42.7. The topological polar surface area (TPSA) is 161 Å². The number of fused-ring (bicyclic) bond motifs is 2. The van der Waals surface area contributed by atoms with Crippen molar-refractivity contribution in [3.63, 3.8) is 0 Å². The van der Waals surface area contributed by atoms with E-state index in [1.165, 1.54) is 0 Å². The summed E-state index contributed by atoms with van der Waals surface area (Å²) in [5.74, 6) is -1.19. The van der Waals surface area contributed by atoms with Crippen molar-refractivity contribution in [1.82, 2.24) is 5.32 Å². The third-order valence-corrected chi connectivity index (χ3v) is 16.1. The molecule has 1 aliphatic heterocycles. The van der Waals surface area contributed by atoms with E-state index in [-0.39, 0.29) is 52.3 Å². The molecular weight excluding hydrogens is 702 g/mol. The highest BCUT2D eigenvalue weighted by Crippen LogP contribution is 2.89. The van der Waals surface area contributed by atoms with Crippen LogP contribution in [0.4, 0.5) is 4.79 Å². The van der Waals surface area contributed by atoms with E-state index in [9.17, 15) is 29.7 Å². The number of ether oxygens (including phenoxy) is 4. The highest BCUT2D eigenvalue weighted by atomic mass is 16.6. The molecule has 5 aliphatic carbocycles. The number of carbonyl (C=O) groups is 3. The number of esters is 2. The van der Waals surface area contributed by atoms with Gasteiger partial charge in [-0.1, -0.05) is 27.7 Å². The monoisotopic (exact) mass is 776 g/mol. The van der Waals surface area contributed by atoms with Gasteiger partial charge in [-0.25, -0.2) is 9.59 Å². The fraction of sp³-hybridized carbons (Fsp3) is 0.932. The number of aliphatic hydroxyl groups is 3. The Kier molecular flexibility index (Phi) is 10.3. The molecule has 1 amide bonds. The third-order valence-electron chi connectivity index (χ3n) is 16.1. The maximum absolute atomic E-state index is 14.5. The molecule has 6 fully saturated rings. The lowest BCUT2D eigenvalue weighted by atomic mass is 9.41. The van der Waals surface area contributed by atoms with Crippen LogP contribution in [0.15, 0.2) is 0 Å². The molecule has 5 saturated carbocycles. The first-order chi connectivity index (χ1) is 24.9. The Labute approximate surface area is 329 Å². The largest absolute Gasteiger partial charge is 0.460 e. The van der Waals surface area contributed by atoms with Gasteiger partial charge in [-0.2, -0.15) is 0 Å². The van der Waals surface area contributed by atoms with Gasteiger partial charge >= 0.3 is 18.0 Å². The highest BCUT2D eigenvalue weighted by Gasteiger charge is 2.85. The number of aliphatic hydroxyl groups excluding tert-OH is 2. The van der Waals surface area contributed by atoms with Crippen LogP contribution in [0, 0.1) is 44.8 Å². The molecule has 0 radical (unpaired) electrons. The number of carbonyl (C=O) groups excluding carboxylic acids is 3. The van der Waals surface area contributed by atoms with Crippen LogP contribution in [0.1, 0.15) is 161 Å². The van der Waals surface area contributed by atoms with Crippen LogP contribution in [0.2, 0.25) is 0 Å². The lowest BCUT2D eigenvalue weighted by molar-refractivity contribution is -0.214. The minimum atomic E-state index is -1.17. The summed E-state index contributed by atoms with van der Waals surface area (Å²) >= 11 is 0. The Bertz CT molecular complexity index is 1520. The van der Waals surface area contributed by atoms with Crippen molar-refractivity contribution in [2.45, 2.75) is 213 Å². The van der Waals surface area contributed by atoms with Crippen LogP contribution in [0.25, 0.3) is 0 Å². The normalized spacial score (nSPS) is 43.9. The van der Waals surface area contributed by atoms with Crippen molar-refractivity contribution in [3.05, 3.63) is 0 Å². The average Bonchev–Trinajstić information content (AvgIpc) is 3.35. The highest BCUT2D eigenvalue weighted by molar-refractivity contribution is 5.82. The van der Waals surface area contributed by atoms with Crippen molar-refractivity contribution >= 4 is 18.0 Å². The number of hydrogen-bond donors (Lipinski definition) is 4. The molecule has 6 aliphatic rings. The average molecular weight is 776 g/mol. The Morgan fingerprint density at radius 3 is 2.04 bits per heavy atom. The Morgan fingerprint density at radius 2 is 1.45 bits per heavy atom. The van der Waals surface area contributed by atoms with Gasteiger partial charge in [0.15, 0.2) is 0 Å². The van der Waals surface area contributed by atoms with Crippen LogP contribution in [-0.2, 0) is 28.5 Å². The molecule has 0 aromatic heterocycles. The van der Waals surface area contributed by atoms with Gasteiger partial charge in [0, 0.05) is 12.3 Å². The van der Waals surface area contributed by atoms with Crippen molar-refractivity contribution in [2.24, 2.45) is 44.8 Å². The zero-order chi connectivity index (χ0) is 41.2. The van der Waals surface area contributed by atoms with Gasteiger partial charge in [-0.05, 0) is 165 Å². The van der Waals surface area contributed by atoms with E-state index < -0.39 is 76.3 Å². The maximum atomic E-state index is 14.5. The molecule has 11 nitrogen and oxygen atoms in total. The van der Waals surface area contributed by atoms with Gasteiger partial charge in [0.25, 0.3) is 0 Å². The zero-order valence-corrected chi connectivity index (χ0v) is 36.1. The molecule has 6 rings (SSSR count). The van der Waals surface area contributed by atoms with Gasteiger partial charge < -0.3 is 39.6 Å². The molecule has 0 aromatic carbocycles. The van der Waals surface area contributed by atoms with Gasteiger partial charge in [0.2, 0.25) is 0 Å². The summed E-state index contributed by atoms with van der Waals surface area (Å²) in [6.45, 7) is 25.2. The zero-order valence-electron chi connectivity index (χ0n) is 36.1. The van der Waals surface area contributed by atoms with Crippen LogP contribution < -0.4 is 5.32 Å². The van der Waals surface area contributed by atoms with Gasteiger partial charge in [0.1, 0.15) is 23.3 Å². The number of rotatable bonds is 8. The van der Waals surface area contributed by atoms with E-state index in [1.807, 2.05) is 0 Å². The molecule has 2 spiro atoms. The molecule has 4 N–H and O–H groups in total. The fourth-order valence-corrected chi connectivity index (χ4v) is 13.8. The van der Waals surface area contributed by atoms with Gasteiger partial charge in [0.05, 0.1) is 29.5 Å². The number of alkyl carbamates (subject to hydrolysis) is 1. The second kappa shape index (κ2) is 13.3. The van der Waals surface area contributed by atoms with Crippen molar-refractivity contribution < 1.29 is 48.7 Å². The second-order valence-corrected chi connectivity index (χ2v) is 22.6. The standard InChI is InChI=1S/C44H73NO10/c1-36(2,3)54-31(48)15-14-25(45-35(50)55-37(4,5)6)34(49)52-27-23-41(12)28-22-26(46)32-38(7,8)29(47)16-19-44(32)24-43(28,44)21-20-40(41,11)33(27)42(13)18-17-30(53-42)39(9,10)51/h25-30,32-33,46-47,51H,14-24H2,1-13H3,(H,45,50)/t25-,26-,27-,28?,29-,30-,32?,33-,40?,41-,42+,43?,44+/m0/s1. The molecule has 314 valence electrons. The molecule has 1 heterocycles. The summed E-state index contributed by atoms with van der Waals surface area (Å²) in [4.78, 5) is 40.5. The van der Waals surface area contributed by atoms with E-state index in [0.717, 1.165) is 32.1 Å². The summed E-state index contributed by atoms with van der Waals surface area (Å²) in [5, 5.41) is 37.1. The first-order valence-electron chi connectivity index (χ1n) is 21.1. The molecule has 1 saturated heterocycles. The van der Waals surface area contributed by atoms with Crippen LogP contribution >= 0.6 is 0 Å². The Hall–Kier alpha value is -1.95. The quantitative estimate of drug-likeness (QED) is 0.149. The molecule has 55 heavy (non-hydrogen) atoms. The predicted molar refractivity (Wildman–Crippen MR) is 207 cm³/mol. The number of nitrogens with one attached hydrogen (secondary N) is 1. The second-order valence-electron chi connectivity index (χ2n) is 22.6. The number of hydrogen-bond acceptors (Lipinski definition) is 10. The van der Waals surface area contributed by atoms with Crippen LogP contribution in [0.3, 0.4) is 0 Å². The number of amides is 1. The molecule has 13 atom stereocenters. The van der Waals surface area contributed by atoms with E-state index in [2.05, 4.69) is 39.9 Å². The van der Waals surface area contributed by atoms with Crippen LogP contribution in [-0.4, -0.2) is 86.2 Å². The van der Waals surface area contributed by atoms with Gasteiger partial charge in [-0.15, -0.1) is 0 Å². The lowest BCUT2D eigenvalue weighted by Gasteiger charge is -2.64. The van der Waals surface area contributed by atoms with E-state index in [4.69, 9.17) is 18.9 Å². The lowest BCUT2D eigenvalue weighted by Crippen LogP contribution is -2.62. The summed E-state index contributed by atoms with van der Waals surface area (Å²) in [5.41, 5.74) is -4.41. The first-order valence-corrected chi connectivity index (χ1v) is 21.1. The van der Waals surface area contributed by atoms with Crippen LogP contribution in [0.5, 0.6) is 0 Å². The van der Waals surface area contributed by atoms with E-state index in [0.29, 0.717) is 25.7 Å². The summed E-state index contributed by atoms with van der Waals surface area (Å²) in [6, 6.07) is -1.17. The maximum Gasteiger partial charge on any atom is 0.408 e. The Balaban J connectivity index is 1.35. The summed E-state index contributed by atoms with van der Waals surface area (Å²) in [7, 11) is 0. The van der Waals surface area contributed by atoms with Gasteiger partial charge in [-0.3, -0.25) is 4.79 Å². The minimum absolute atomic E-state index is 0.0201. The summed E-state index contributed by atoms with van der Waals surface area (Å²) in [6.07, 6.45) is 4.21. The SMILES string of the molecule is CC(C)(C)OC(=O)CC[C@H](NC(=O)OC(C)(C)C)C(=O)O[C@H]1C[C@@]2(C)C3C[C@H](O)C4C(C)(C)[C@@H](O)CC[C@@]45CC35CCC2(C)[C@H]1[C@@]1(C)CC[C@@H](C(C)(C)O)O1. The Morgan fingerprint density at radius 1 is 0.818 bits per heavy atom. The molecule has 11 heteroatoms. The van der Waals surface area contributed by atoms with E-state index >= 15 is 0 Å².